The number of H-pyrrole nitrogens is 1. The van der Waals surface area contributed by atoms with Crippen molar-refractivity contribution in [3.8, 4) is 11.4 Å². The standard InChI is InChI=1S/C27H32N8O2/c1-5-13-35-25(36)22-23(20-7-6-8-21(29-20)27(2,3)37)30-26(31-24(22)32-35)28-18-9-11-19(12-10-18)34-16-14-33(4)15-17-34/h5-12,37H,1,13-17H2,2-4H3,(H2,28,30,31,32). The third-order valence-electron chi connectivity index (χ3n) is 6.53. The smallest absolute Gasteiger partial charge is 0.278 e. The van der Waals surface area contributed by atoms with Gasteiger partial charge in [-0.3, -0.25) is 9.89 Å². The summed E-state index contributed by atoms with van der Waals surface area (Å²) >= 11 is 0. The van der Waals surface area contributed by atoms with Gasteiger partial charge in [0, 0.05) is 37.6 Å². The number of allylic oxidation sites excluding steroid dienone is 1. The van der Waals surface area contributed by atoms with Crippen molar-refractivity contribution in [1.82, 2.24) is 29.6 Å². The highest BCUT2D eigenvalue weighted by Gasteiger charge is 2.22. The van der Waals surface area contributed by atoms with Crippen molar-refractivity contribution in [2.45, 2.75) is 26.0 Å². The van der Waals surface area contributed by atoms with Gasteiger partial charge in [-0.15, -0.1) is 6.58 Å². The molecule has 3 aromatic heterocycles. The molecule has 0 saturated carbocycles. The topological polar surface area (TPSA) is 115 Å². The lowest BCUT2D eigenvalue weighted by Crippen LogP contribution is -2.44. The molecule has 0 radical (unpaired) electrons. The van der Waals surface area contributed by atoms with E-state index in [0.717, 1.165) is 31.9 Å². The van der Waals surface area contributed by atoms with Gasteiger partial charge in [0.2, 0.25) is 5.95 Å². The number of fused-ring (bicyclic) bond motifs is 1. The molecule has 1 fully saturated rings. The van der Waals surface area contributed by atoms with Gasteiger partial charge >= 0.3 is 0 Å². The third-order valence-corrected chi connectivity index (χ3v) is 6.53. The normalized spacial score (nSPS) is 14.8. The van der Waals surface area contributed by atoms with Crippen molar-refractivity contribution in [1.29, 1.82) is 0 Å². The van der Waals surface area contributed by atoms with Crippen LogP contribution in [0.2, 0.25) is 0 Å². The molecule has 4 heterocycles. The Bertz CT molecular complexity index is 1480. The Kier molecular flexibility index (Phi) is 6.53. The number of hydrogen-bond donors (Lipinski definition) is 3. The molecule has 10 heteroatoms. The molecule has 0 unspecified atom stereocenters. The number of benzene rings is 1. The van der Waals surface area contributed by atoms with Crippen molar-refractivity contribution in [3.63, 3.8) is 0 Å². The summed E-state index contributed by atoms with van der Waals surface area (Å²) < 4.78 is 1.43. The second-order valence-electron chi connectivity index (χ2n) is 9.86. The van der Waals surface area contributed by atoms with Crippen LogP contribution in [0.1, 0.15) is 19.5 Å². The molecule has 0 bridgehead atoms. The highest BCUT2D eigenvalue weighted by atomic mass is 16.3. The second kappa shape index (κ2) is 9.79. The van der Waals surface area contributed by atoms with Gasteiger partial charge in [-0.05, 0) is 57.3 Å². The highest BCUT2D eigenvalue weighted by Crippen LogP contribution is 2.27. The second-order valence-corrected chi connectivity index (χ2v) is 9.86. The molecule has 37 heavy (non-hydrogen) atoms. The zero-order valence-electron chi connectivity index (χ0n) is 21.4. The fraction of sp³-hybridized carbons (Fsp3) is 0.333. The van der Waals surface area contributed by atoms with Crippen LogP contribution in [0.4, 0.5) is 17.3 Å². The predicted octanol–water partition coefficient (Wildman–Crippen LogP) is 3.09. The highest BCUT2D eigenvalue weighted by molar-refractivity contribution is 5.90. The van der Waals surface area contributed by atoms with E-state index < -0.39 is 5.60 Å². The number of aliphatic hydroxyl groups is 1. The lowest BCUT2D eigenvalue weighted by molar-refractivity contribution is 0.0740. The Morgan fingerprint density at radius 1 is 1.08 bits per heavy atom. The summed E-state index contributed by atoms with van der Waals surface area (Å²) in [5.41, 5.74) is 2.33. The number of nitrogens with one attached hydrogen (secondary N) is 2. The molecule has 0 spiro atoms. The zero-order chi connectivity index (χ0) is 26.2. The minimum atomic E-state index is -1.14. The fourth-order valence-electron chi connectivity index (χ4n) is 4.41. The lowest BCUT2D eigenvalue weighted by Gasteiger charge is -2.34. The van der Waals surface area contributed by atoms with Crippen molar-refractivity contribution < 1.29 is 5.11 Å². The van der Waals surface area contributed by atoms with Crippen LogP contribution in [-0.2, 0) is 12.1 Å². The average Bonchev–Trinajstić information content (AvgIpc) is 3.19. The Hall–Kier alpha value is -4.02. The maximum atomic E-state index is 13.2. The number of anilines is 3. The first kappa shape index (κ1) is 24.7. The van der Waals surface area contributed by atoms with E-state index >= 15 is 0 Å². The van der Waals surface area contributed by atoms with Crippen molar-refractivity contribution in [3.05, 3.63) is 71.2 Å². The van der Waals surface area contributed by atoms with Gasteiger partial charge in [0.05, 0.1) is 17.9 Å². The van der Waals surface area contributed by atoms with Crippen LogP contribution < -0.4 is 15.8 Å². The molecular formula is C27H32N8O2. The van der Waals surface area contributed by atoms with Gasteiger partial charge in [0.1, 0.15) is 16.7 Å². The van der Waals surface area contributed by atoms with E-state index in [2.05, 4.69) is 55.9 Å². The van der Waals surface area contributed by atoms with Crippen LogP contribution in [0, 0.1) is 0 Å². The molecule has 0 amide bonds. The van der Waals surface area contributed by atoms with Crippen LogP contribution in [-0.4, -0.2) is 68.0 Å². The summed E-state index contributed by atoms with van der Waals surface area (Å²) in [5.74, 6) is 0.331. The Morgan fingerprint density at radius 3 is 2.49 bits per heavy atom. The molecule has 10 nitrogen and oxygen atoms in total. The van der Waals surface area contributed by atoms with Crippen molar-refractivity contribution in [2.24, 2.45) is 0 Å². The Morgan fingerprint density at radius 2 is 1.81 bits per heavy atom. The van der Waals surface area contributed by atoms with E-state index in [4.69, 9.17) is 4.98 Å². The van der Waals surface area contributed by atoms with Gasteiger partial charge in [0.25, 0.3) is 5.56 Å². The number of aromatic amines is 1. The number of aromatic nitrogens is 5. The molecule has 1 aliphatic heterocycles. The summed E-state index contributed by atoms with van der Waals surface area (Å²) in [5, 5.41) is 17.1. The number of nitrogens with zero attached hydrogens (tertiary/aromatic N) is 6. The minimum Gasteiger partial charge on any atom is -0.384 e. The summed E-state index contributed by atoms with van der Waals surface area (Å²) in [4.78, 5) is 31.8. The summed E-state index contributed by atoms with van der Waals surface area (Å²) in [6.45, 7) is 11.5. The van der Waals surface area contributed by atoms with Crippen molar-refractivity contribution >= 4 is 28.4 Å². The monoisotopic (exact) mass is 500 g/mol. The number of likely N-dealkylation sites (N-methyl/N-ethyl adjacent to an activating group) is 1. The first-order chi connectivity index (χ1) is 17.7. The lowest BCUT2D eigenvalue weighted by atomic mass is 10.0. The predicted molar refractivity (Wildman–Crippen MR) is 146 cm³/mol. The van der Waals surface area contributed by atoms with Crippen LogP contribution in [0.15, 0.2) is 59.9 Å². The maximum Gasteiger partial charge on any atom is 0.278 e. The summed E-state index contributed by atoms with van der Waals surface area (Å²) in [7, 11) is 2.14. The SMILES string of the molecule is C=CCn1[nH]c2nc(Nc3ccc(N4CCN(C)CC4)cc3)nc(-c3cccc(C(C)(C)O)n3)c2c1=O. The molecule has 0 aliphatic carbocycles. The van der Waals surface area contributed by atoms with E-state index in [-0.39, 0.29) is 5.56 Å². The number of piperazine rings is 1. The number of pyridine rings is 1. The molecule has 1 saturated heterocycles. The van der Waals surface area contributed by atoms with Gasteiger partial charge < -0.3 is 20.2 Å². The zero-order valence-corrected chi connectivity index (χ0v) is 21.4. The summed E-state index contributed by atoms with van der Waals surface area (Å²) in [6, 6.07) is 13.5. The first-order valence-corrected chi connectivity index (χ1v) is 12.4. The van der Waals surface area contributed by atoms with Gasteiger partial charge in [-0.25, -0.2) is 14.6 Å². The largest absolute Gasteiger partial charge is 0.384 e. The Balaban J connectivity index is 1.52. The Labute approximate surface area is 215 Å². The van der Waals surface area contributed by atoms with E-state index in [1.54, 1.807) is 38.1 Å². The number of hydrogen-bond acceptors (Lipinski definition) is 8. The molecule has 1 aromatic carbocycles. The molecule has 0 atom stereocenters. The van der Waals surface area contributed by atoms with E-state index in [9.17, 15) is 9.90 Å². The van der Waals surface area contributed by atoms with Crippen LogP contribution in [0.5, 0.6) is 0 Å². The molecular weight excluding hydrogens is 468 g/mol. The molecule has 5 rings (SSSR count). The fourth-order valence-corrected chi connectivity index (χ4v) is 4.41. The van der Waals surface area contributed by atoms with E-state index in [1.807, 2.05) is 12.1 Å². The van der Waals surface area contributed by atoms with Crippen LogP contribution >= 0.6 is 0 Å². The van der Waals surface area contributed by atoms with E-state index in [1.165, 1.54) is 10.4 Å². The summed E-state index contributed by atoms with van der Waals surface area (Å²) in [6.07, 6.45) is 1.64. The maximum absolute atomic E-state index is 13.2. The molecule has 192 valence electrons. The van der Waals surface area contributed by atoms with Crippen LogP contribution in [0.3, 0.4) is 0 Å². The number of rotatable bonds is 7. The van der Waals surface area contributed by atoms with Gasteiger partial charge in [-0.2, -0.15) is 4.98 Å². The van der Waals surface area contributed by atoms with E-state index in [0.29, 0.717) is 40.6 Å². The minimum absolute atomic E-state index is 0.261. The molecule has 1 aliphatic rings. The van der Waals surface area contributed by atoms with Gasteiger partial charge in [0.15, 0.2) is 5.65 Å². The van der Waals surface area contributed by atoms with Crippen LogP contribution in [0.25, 0.3) is 22.4 Å². The quantitative estimate of drug-likeness (QED) is 0.332. The average molecular weight is 501 g/mol. The van der Waals surface area contributed by atoms with Crippen molar-refractivity contribution in [2.75, 3.05) is 43.4 Å². The van der Waals surface area contributed by atoms with Gasteiger partial charge in [-0.1, -0.05) is 12.1 Å². The first-order valence-electron chi connectivity index (χ1n) is 12.4. The molecule has 4 aromatic rings. The third kappa shape index (κ3) is 5.11. The molecule has 3 N–H and O–H groups in total.